The van der Waals surface area contributed by atoms with Gasteiger partial charge in [-0.3, -0.25) is 19.0 Å². The number of hydrogen-bond acceptors (Lipinski definition) is 7. The first-order valence-corrected chi connectivity index (χ1v) is 7.42. The number of fused-ring (bicyclic) bond motifs is 1. The maximum atomic E-state index is 12.6. The molecule has 2 heterocycles. The molecule has 0 N–H and O–H groups in total. The molecule has 0 aliphatic heterocycles. The normalized spacial score (nSPS) is 10.9. The van der Waals surface area contributed by atoms with Gasteiger partial charge in [0.25, 0.3) is 5.56 Å². The van der Waals surface area contributed by atoms with Crippen LogP contribution in [0.5, 0.6) is 0 Å². The predicted octanol–water partition coefficient (Wildman–Crippen LogP) is 1.35. The number of aromatic nitrogens is 2. The minimum absolute atomic E-state index is 0.0680. The molecule has 0 aliphatic rings. The summed E-state index contributed by atoms with van der Waals surface area (Å²) in [5.41, 5.74) is -0.510. The number of ether oxygens (including phenoxy) is 1. The number of rotatable bonds is 5. The summed E-state index contributed by atoms with van der Waals surface area (Å²) < 4.78 is 5.86. The highest BCUT2D eigenvalue weighted by molar-refractivity contribution is 7.17. The van der Waals surface area contributed by atoms with Crippen molar-refractivity contribution in [2.75, 3.05) is 6.61 Å². The summed E-state index contributed by atoms with van der Waals surface area (Å²) in [4.78, 5) is 52.2. The van der Waals surface area contributed by atoms with Crippen LogP contribution in [-0.2, 0) is 14.3 Å². The molecule has 0 aromatic carbocycles. The monoisotopic (exact) mass is 322 g/mol. The summed E-state index contributed by atoms with van der Waals surface area (Å²) in [7, 11) is 0. The van der Waals surface area contributed by atoms with E-state index in [0.717, 1.165) is 22.2 Å². The van der Waals surface area contributed by atoms with E-state index >= 15 is 0 Å². The summed E-state index contributed by atoms with van der Waals surface area (Å²) in [5, 5.41) is 1.55. The number of hydrogen-bond donors (Lipinski definition) is 0. The number of Topliss-reactive ketones (excluding diaryl/α,β-unsaturated/α-hetero) is 2. The zero-order valence-corrected chi connectivity index (χ0v) is 13.1. The van der Waals surface area contributed by atoms with Gasteiger partial charge in [0, 0.05) is 5.38 Å². The van der Waals surface area contributed by atoms with Crippen LogP contribution in [0, 0.1) is 0 Å². The van der Waals surface area contributed by atoms with Gasteiger partial charge in [0.1, 0.15) is 11.2 Å². The molecule has 0 saturated carbocycles. The number of carbonyl (C=O) groups excluding carboxylic acids is 3. The maximum Gasteiger partial charge on any atom is 0.339 e. The van der Waals surface area contributed by atoms with Gasteiger partial charge in [-0.15, -0.1) is 11.3 Å². The molecule has 0 atom stereocenters. The molecule has 0 fully saturated rings. The van der Waals surface area contributed by atoms with Gasteiger partial charge in [-0.1, -0.05) is 0 Å². The predicted molar refractivity (Wildman–Crippen MR) is 80.2 cm³/mol. The van der Waals surface area contributed by atoms with Crippen molar-refractivity contribution in [3.05, 3.63) is 27.6 Å². The van der Waals surface area contributed by atoms with Crippen molar-refractivity contribution in [3.8, 4) is 0 Å². The molecule has 2 aromatic heterocycles. The van der Waals surface area contributed by atoms with Crippen molar-refractivity contribution >= 4 is 39.1 Å². The van der Waals surface area contributed by atoms with Gasteiger partial charge in [0.2, 0.25) is 0 Å². The quantitative estimate of drug-likeness (QED) is 0.609. The zero-order valence-electron chi connectivity index (χ0n) is 12.3. The fourth-order valence-electron chi connectivity index (χ4n) is 2.17. The highest BCUT2D eigenvalue weighted by Gasteiger charge is 2.26. The van der Waals surface area contributed by atoms with Crippen molar-refractivity contribution in [1.82, 2.24) is 9.55 Å². The molecule has 8 heteroatoms. The third-order valence-electron chi connectivity index (χ3n) is 3.06. The van der Waals surface area contributed by atoms with Gasteiger partial charge in [0.15, 0.2) is 17.6 Å². The first-order chi connectivity index (χ1) is 10.4. The second-order valence-corrected chi connectivity index (χ2v) is 5.49. The Hall–Kier alpha value is -2.35. The Labute approximate surface area is 129 Å². The molecule has 0 aliphatic carbocycles. The number of ketones is 2. The van der Waals surface area contributed by atoms with E-state index in [2.05, 4.69) is 4.98 Å². The third-order valence-corrected chi connectivity index (χ3v) is 3.95. The Morgan fingerprint density at radius 2 is 1.95 bits per heavy atom. The van der Waals surface area contributed by atoms with E-state index in [-0.39, 0.29) is 17.6 Å². The molecule has 22 heavy (non-hydrogen) atoms. The van der Waals surface area contributed by atoms with E-state index in [0.29, 0.717) is 4.83 Å². The number of nitrogens with zero attached hydrogens (tertiary/aromatic N) is 2. The summed E-state index contributed by atoms with van der Waals surface area (Å²) in [5.74, 6) is -1.57. The molecule has 0 unspecified atom stereocenters. The lowest BCUT2D eigenvalue weighted by atomic mass is 10.1. The van der Waals surface area contributed by atoms with Crippen molar-refractivity contribution in [3.63, 3.8) is 0 Å². The van der Waals surface area contributed by atoms with Crippen LogP contribution in [0.25, 0.3) is 10.2 Å². The van der Waals surface area contributed by atoms with Crippen LogP contribution < -0.4 is 5.56 Å². The molecule has 0 saturated heterocycles. The average molecular weight is 322 g/mol. The molecule has 0 spiro atoms. The highest BCUT2D eigenvalue weighted by Crippen LogP contribution is 2.22. The fourth-order valence-corrected chi connectivity index (χ4v) is 3.03. The molecular weight excluding hydrogens is 308 g/mol. The van der Waals surface area contributed by atoms with Crippen LogP contribution in [0.4, 0.5) is 0 Å². The molecule has 7 nitrogen and oxygen atoms in total. The maximum absolute atomic E-state index is 12.6. The standard InChI is InChI=1S/C14H14N2O5S/c1-4-21-14(20)9-5-22-12-10(9)13(19)16(6-15-12)11(7(2)17)8(3)18/h5-6,11H,4H2,1-3H3. The van der Waals surface area contributed by atoms with Crippen LogP contribution in [0.1, 0.15) is 37.2 Å². The molecule has 0 radical (unpaired) electrons. The average Bonchev–Trinajstić information content (AvgIpc) is 2.86. The largest absolute Gasteiger partial charge is 0.462 e. The van der Waals surface area contributed by atoms with Crippen molar-refractivity contribution < 1.29 is 19.1 Å². The summed E-state index contributed by atoms with van der Waals surface area (Å²) in [6.45, 7) is 4.28. The van der Waals surface area contributed by atoms with Crippen LogP contribution in [0.15, 0.2) is 16.5 Å². The fraction of sp³-hybridized carbons (Fsp3) is 0.357. The van der Waals surface area contributed by atoms with E-state index in [4.69, 9.17) is 4.74 Å². The van der Waals surface area contributed by atoms with E-state index in [1.807, 2.05) is 0 Å². The van der Waals surface area contributed by atoms with Crippen molar-refractivity contribution in [2.45, 2.75) is 26.8 Å². The van der Waals surface area contributed by atoms with Gasteiger partial charge in [-0.25, -0.2) is 9.78 Å². The van der Waals surface area contributed by atoms with E-state index in [1.54, 1.807) is 6.92 Å². The van der Waals surface area contributed by atoms with Crippen LogP contribution in [0.2, 0.25) is 0 Å². The summed E-state index contributed by atoms with van der Waals surface area (Å²) in [6, 6.07) is -1.24. The van der Waals surface area contributed by atoms with Crippen LogP contribution >= 0.6 is 11.3 Å². The van der Waals surface area contributed by atoms with Gasteiger partial charge < -0.3 is 4.74 Å². The molecule has 116 valence electrons. The first kappa shape index (κ1) is 16.0. The van der Waals surface area contributed by atoms with Gasteiger partial charge in [0.05, 0.1) is 17.6 Å². The Kier molecular flexibility index (Phi) is 4.51. The number of thiophene rings is 1. The first-order valence-electron chi connectivity index (χ1n) is 6.54. The van der Waals surface area contributed by atoms with Crippen molar-refractivity contribution in [1.29, 1.82) is 0 Å². The molecular formula is C14H14N2O5S. The van der Waals surface area contributed by atoms with Crippen molar-refractivity contribution in [2.24, 2.45) is 0 Å². The Morgan fingerprint density at radius 3 is 2.50 bits per heavy atom. The number of carbonyl (C=O) groups is 3. The Bertz CT molecular complexity index is 806. The van der Waals surface area contributed by atoms with E-state index < -0.39 is 29.1 Å². The highest BCUT2D eigenvalue weighted by atomic mass is 32.1. The number of esters is 1. The van der Waals surface area contributed by atoms with Gasteiger partial charge in [-0.2, -0.15) is 0 Å². The molecule has 2 aromatic rings. The lowest BCUT2D eigenvalue weighted by Gasteiger charge is -2.13. The van der Waals surface area contributed by atoms with Gasteiger partial charge >= 0.3 is 5.97 Å². The second-order valence-electron chi connectivity index (χ2n) is 4.63. The van der Waals surface area contributed by atoms with Crippen LogP contribution in [0.3, 0.4) is 0 Å². The lowest BCUT2D eigenvalue weighted by Crippen LogP contribution is -2.33. The second kappa shape index (κ2) is 6.18. The SMILES string of the molecule is CCOC(=O)c1csc2ncn(C(C(C)=O)C(C)=O)c(=O)c12. The van der Waals surface area contributed by atoms with E-state index in [1.165, 1.54) is 19.2 Å². The van der Waals surface area contributed by atoms with Gasteiger partial charge in [-0.05, 0) is 20.8 Å². The summed E-state index contributed by atoms with van der Waals surface area (Å²) >= 11 is 1.12. The molecule has 0 bridgehead atoms. The third kappa shape index (κ3) is 2.69. The van der Waals surface area contributed by atoms with Crippen LogP contribution in [-0.4, -0.2) is 33.7 Å². The zero-order chi connectivity index (χ0) is 16.4. The molecule has 2 rings (SSSR count). The Balaban J connectivity index is 2.70. The summed E-state index contributed by atoms with van der Waals surface area (Å²) in [6.07, 6.45) is 1.16. The minimum atomic E-state index is -1.24. The van der Waals surface area contributed by atoms with E-state index in [9.17, 15) is 19.2 Å². The smallest absolute Gasteiger partial charge is 0.339 e. The topological polar surface area (TPSA) is 95.3 Å². The Morgan fingerprint density at radius 1 is 1.32 bits per heavy atom. The minimum Gasteiger partial charge on any atom is -0.462 e. The molecule has 0 amide bonds. The lowest BCUT2D eigenvalue weighted by molar-refractivity contribution is -0.129.